The highest BCUT2D eigenvalue weighted by atomic mass is 19.4. The molecule has 1 aromatic heterocycles. The fraction of sp³-hybridized carbons (Fsp3) is 0.368. The first kappa shape index (κ1) is 18.4. The number of ketones is 1. The molecule has 138 valence electrons. The maximum atomic E-state index is 12.7. The molecule has 0 bridgehead atoms. The predicted octanol–water partition coefficient (Wildman–Crippen LogP) is 3.78. The second kappa shape index (κ2) is 7.45. The van der Waals surface area contributed by atoms with E-state index in [-0.39, 0.29) is 11.7 Å². The van der Waals surface area contributed by atoms with Gasteiger partial charge in [-0.15, -0.1) is 0 Å². The number of nitrogen functional groups attached to an aromatic ring is 1. The fourth-order valence-electron chi connectivity index (χ4n) is 3.30. The van der Waals surface area contributed by atoms with Crippen molar-refractivity contribution in [3.05, 3.63) is 59.3 Å². The van der Waals surface area contributed by atoms with Gasteiger partial charge in [-0.1, -0.05) is 18.2 Å². The summed E-state index contributed by atoms with van der Waals surface area (Å²) in [6.45, 7) is 2.02. The van der Waals surface area contributed by atoms with E-state index in [1.807, 2.05) is 12.1 Å². The molecule has 0 spiro atoms. The predicted molar refractivity (Wildman–Crippen MR) is 92.4 cm³/mol. The number of nitrogens with two attached hydrogens (primary N) is 1. The molecule has 0 aliphatic carbocycles. The van der Waals surface area contributed by atoms with E-state index in [0.717, 1.165) is 37.1 Å². The largest absolute Gasteiger partial charge is 0.416 e. The molecule has 1 aliphatic heterocycles. The number of Topliss-reactive ketones (excluding diaryl/α,β-unsaturated/α-hetero) is 1. The number of rotatable bonds is 4. The topological polar surface area (TPSA) is 59.2 Å². The summed E-state index contributed by atoms with van der Waals surface area (Å²) in [6.07, 6.45) is -1.17. The van der Waals surface area contributed by atoms with E-state index >= 15 is 0 Å². The SMILES string of the molecule is Nc1ncccc1CN1CCC[C@@H](C(=O)c2ccc(C(F)(F)F)cc2)C1. The van der Waals surface area contributed by atoms with Crippen LogP contribution in [0.4, 0.5) is 19.0 Å². The van der Waals surface area contributed by atoms with Crippen LogP contribution in [0.25, 0.3) is 0 Å². The zero-order valence-corrected chi connectivity index (χ0v) is 14.2. The standard InChI is InChI=1S/C19H20F3N3O/c20-19(21,22)16-7-5-13(6-8-16)17(26)14-4-2-10-25(11-14)12-15-3-1-9-24-18(15)23/h1,3,5-9,14H,2,4,10-12H2,(H2,23,24)/t14-/m1/s1. The number of likely N-dealkylation sites (tertiary alicyclic amines) is 1. The number of hydrogen-bond donors (Lipinski definition) is 1. The monoisotopic (exact) mass is 363 g/mol. The quantitative estimate of drug-likeness (QED) is 0.840. The summed E-state index contributed by atoms with van der Waals surface area (Å²) in [4.78, 5) is 18.9. The second-order valence-corrected chi connectivity index (χ2v) is 6.56. The van der Waals surface area contributed by atoms with Crippen molar-refractivity contribution in [3.63, 3.8) is 0 Å². The average molecular weight is 363 g/mol. The van der Waals surface area contributed by atoms with E-state index in [0.29, 0.717) is 24.5 Å². The highest BCUT2D eigenvalue weighted by Crippen LogP contribution is 2.30. The highest BCUT2D eigenvalue weighted by Gasteiger charge is 2.31. The average Bonchev–Trinajstić information content (AvgIpc) is 2.63. The lowest BCUT2D eigenvalue weighted by molar-refractivity contribution is -0.137. The van der Waals surface area contributed by atoms with Crippen molar-refractivity contribution in [3.8, 4) is 0 Å². The number of hydrogen-bond acceptors (Lipinski definition) is 4. The van der Waals surface area contributed by atoms with Crippen molar-refractivity contribution >= 4 is 11.6 Å². The normalized spacial score (nSPS) is 18.7. The Hall–Kier alpha value is -2.41. The van der Waals surface area contributed by atoms with Crippen LogP contribution < -0.4 is 5.73 Å². The number of benzene rings is 1. The minimum Gasteiger partial charge on any atom is -0.383 e. The van der Waals surface area contributed by atoms with E-state index < -0.39 is 11.7 Å². The Morgan fingerprint density at radius 2 is 1.96 bits per heavy atom. The summed E-state index contributed by atoms with van der Waals surface area (Å²) in [5.74, 6) is 0.143. The molecule has 4 nitrogen and oxygen atoms in total. The minimum absolute atomic E-state index is 0.109. The third-order valence-corrected chi connectivity index (χ3v) is 4.69. The van der Waals surface area contributed by atoms with Crippen LogP contribution in [0, 0.1) is 5.92 Å². The minimum atomic E-state index is -4.40. The van der Waals surface area contributed by atoms with Crippen LogP contribution in [0.15, 0.2) is 42.6 Å². The van der Waals surface area contributed by atoms with Crippen LogP contribution in [0.1, 0.15) is 34.3 Å². The first-order valence-electron chi connectivity index (χ1n) is 8.48. The third-order valence-electron chi connectivity index (χ3n) is 4.69. The van der Waals surface area contributed by atoms with Crippen LogP contribution in [0.2, 0.25) is 0 Å². The summed E-state index contributed by atoms with van der Waals surface area (Å²) < 4.78 is 38.0. The van der Waals surface area contributed by atoms with E-state index in [1.165, 1.54) is 12.1 Å². The molecule has 3 rings (SSSR count). The molecule has 1 atom stereocenters. The van der Waals surface area contributed by atoms with Gasteiger partial charge >= 0.3 is 6.18 Å². The fourth-order valence-corrected chi connectivity index (χ4v) is 3.30. The number of piperidine rings is 1. The molecule has 1 aromatic carbocycles. The Morgan fingerprint density at radius 3 is 2.62 bits per heavy atom. The molecule has 2 N–H and O–H groups in total. The molecule has 26 heavy (non-hydrogen) atoms. The van der Waals surface area contributed by atoms with Gasteiger partial charge in [0.2, 0.25) is 0 Å². The van der Waals surface area contributed by atoms with Gasteiger partial charge in [0.25, 0.3) is 0 Å². The molecule has 2 aromatic rings. The Balaban J connectivity index is 1.67. The maximum absolute atomic E-state index is 12.7. The lowest BCUT2D eigenvalue weighted by atomic mass is 9.89. The van der Waals surface area contributed by atoms with Crippen LogP contribution in [-0.4, -0.2) is 28.8 Å². The summed E-state index contributed by atoms with van der Waals surface area (Å²) in [5.41, 5.74) is 6.37. The summed E-state index contributed by atoms with van der Waals surface area (Å²) in [7, 11) is 0. The van der Waals surface area contributed by atoms with Gasteiger partial charge in [-0.2, -0.15) is 13.2 Å². The maximum Gasteiger partial charge on any atom is 0.416 e. The van der Waals surface area contributed by atoms with Crippen molar-refractivity contribution < 1.29 is 18.0 Å². The van der Waals surface area contributed by atoms with Crippen LogP contribution in [0.3, 0.4) is 0 Å². The molecule has 0 unspecified atom stereocenters. The molecular weight excluding hydrogens is 343 g/mol. The van der Waals surface area contributed by atoms with Gasteiger partial charge in [0.05, 0.1) is 5.56 Å². The van der Waals surface area contributed by atoms with Crippen molar-refractivity contribution in [1.29, 1.82) is 0 Å². The Morgan fingerprint density at radius 1 is 1.23 bits per heavy atom. The van der Waals surface area contributed by atoms with Crippen LogP contribution in [-0.2, 0) is 12.7 Å². The molecular formula is C19H20F3N3O. The lowest BCUT2D eigenvalue weighted by Crippen LogP contribution is -2.38. The summed E-state index contributed by atoms with van der Waals surface area (Å²) in [6, 6.07) is 8.19. The molecule has 0 amide bonds. The molecule has 1 saturated heterocycles. The number of carbonyl (C=O) groups is 1. The Bertz CT molecular complexity index is 774. The number of halogens is 3. The van der Waals surface area contributed by atoms with Gasteiger partial charge in [-0.05, 0) is 37.6 Å². The Labute approximate surface area is 149 Å². The number of nitrogens with zero attached hydrogens (tertiary/aromatic N) is 2. The molecule has 0 radical (unpaired) electrons. The van der Waals surface area contributed by atoms with Gasteiger partial charge in [0.15, 0.2) is 5.78 Å². The van der Waals surface area contributed by atoms with Crippen molar-refractivity contribution in [1.82, 2.24) is 9.88 Å². The molecule has 1 fully saturated rings. The smallest absolute Gasteiger partial charge is 0.383 e. The summed E-state index contributed by atoms with van der Waals surface area (Å²) >= 11 is 0. The lowest BCUT2D eigenvalue weighted by Gasteiger charge is -2.32. The number of pyridine rings is 1. The number of alkyl halides is 3. The van der Waals surface area contributed by atoms with Gasteiger partial charge in [-0.3, -0.25) is 9.69 Å². The molecule has 2 heterocycles. The van der Waals surface area contributed by atoms with Crippen molar-refractivity contribution in [2.75, 3.05) is 18.8 Å². The second-order valence-electron chi connectivity index (χ2n) is 6.56. The highest BCUT2D eigenvalue weighted by molar-refractivity contribution is 5.98. The number of anilines is 1. The van der Waals surface area contributed by atoms with Crippen molar-refractivity contribution in [2.24, 2.45) is 5.92 Å². The Kier molecular flexibility index (Phi) is 5.27. The van der Waals surface area contributed by atoms with E-state index in [1.54, 1.807) is 6.20 Å². The van der Waals surface area contributed by atoms with E-state index in [4.69, 9.17) is 5.73 Å². The zero-order valence-electron chi connectivity index (χ0n) is 14.2. The van der Waals surface area contributed by atoms with E-state index in [9.17, 15) is 18.0 Å². The van der Waals surface area contributed by atoms with Crippen molar-refractivity contribution in [2.45, 2.75) is 25.6 Å². The molecule has 7 heteroatoms. The van der Waals surface area contributed by atoms with Gasteiger partial charge in [0, 0.05) is 36.3 Å². The molecule has 0 saturated carbocycles. The first-order chi connectivity index (χ1) is 12.3. The third kappa shape index (κ3) is 4.22. The number of carbonyl (C=O) groups excluding carboxylic acids is 1. The zero-order chi connectivity index (χ0) is 18.7. The molecule has 1 aliphatic rings. The van der Waals surface area contributed by atoms with Crippen LogP contribution in [0.5, 0.6) is 0 Å². The first-order valence-corrected chi connectivity index (χ1v) is 8.48. The summed E-state index contributed by atoms with van der Waals surface area (Å²) in [5, 5.41) is 0. The van der Waals surface area contributed by atoms with Crippen LogP contribution >= 0.6 is 0 Å². The van der Waals surface area contributed by atoms with E-state index in [2.05, 4.69) is 9.88 Å². The van der Waals surface area contributed by atoms with Gasteiger partial charge < -0.3 is 5.73 Å². The number of aromatic nitrogens is 1. The van der Waals surface area contributed by atoms with Gasteiger partial charge in [0.1, 0.15) is 5.82 Å². The van der Waals surface area contributed by atoms with Gasteiger partial charge in [-0.25, -0.2) is 4.98 Å².